The summed E-state index contributed by atoms with van der Waals surface area (Å²) in [6.45, 7) is 0. The fraction of sp³-hybridized carbons (Fsp3) is 0.545. The van der Waals surface area contributed by atoms with Crippen LogP contribution in [0.5, 0.6) is 0 Å². The molecule has 14 heavy (non-hydrogen) atoms. The molecule has 0 saturated heterocycles. The van der Waals surface area contributed by atoms with Gasteiger partial charge in [-0.2, -0.15) is 0 Å². The molecule has 0 atom stereocenters. The number of aromatic nitrogens is 1. The van der Waals surface area contributed by atoms with Crippen molar-refractivity contribution in [2.24, 2.45) is 5.73 Å². The first-order valence-electron chi connectivity index (χ1n) is 5.05. The van der Waals surface area contributed by atoms with E-state index in [2.05, 4.69) is 11.1 Å². The average Bonchev–Trinajstić information content (AvgIpc) is 2.14. The second-order valence-corrected chi connectivity index (χ2v) is 4.28. The molecule has 3 nitrogen and oxygen atoms in total. The SMILES string of the molecule is CN(C)c1ncccc1C1(N)CCC1. The fourth-order valence-corrected chi connectivity index (χ4v) is 1.97. The molecule has 2 N–H and O–H groups in total. The summed E-state index contributed by atoms with van der Waals surface area (Å²) in [7, 11) is 4.02. The molecule has 1 aromatic rings. The second kappa shape index (κ2) is 3.24. The lowest BCUT2D eigenvalue weighted by atomic mass is 9.73. The number of rotatable bonds is 2. The van der Waals surface area contributed by atoms with E-state index in [0.29, 0.717) is 0 Å². The van der Waals surface area contributed by atoms with Gasteiger partial charge < -0.3 is 10.6 Å². The molecule has 0 amide bonds. The second-order valence-electron chi connectivity index (χ2n) is 4.28. The quantitative estimate of drug-likeness (QED) is 0.770. The van der Waals surface area contributed by atoms with E-state index in [1.165, 1.54) is 12.0 Å². The molecule has 1 saturated carbocycles. The van der Waals surface area contributed by atoms with Crippen LogP contribution in [0.4, 0.5) is 5.82 Å². The van der Waals surface area contributed by atoms with Gasteiger partial charge in [-0.05, 0) is 25.3 Å². The van der Waals surface area contributed by atoms with E-state index >= 15 is 0 Å². The van der Waals surface area contributed by atoms with Gasteiger partial charge >= 0.3 is 0 Å². The Bertz CT molecular complexity index is 329. The summed E-state index contributed by atoms with van der Waals surface area (Å²) in [5, 5.41) is 0. The molecule has 0 bridgehead atoms. The summed E-state index contributed by atoms with van der Waals surface area (Å²) in [5.74, 6) is 1.01. The van der Waals surface area contributed by atoms with Gasteiger partial charge in [-0.15, -0.1) is 0 Å². The van der Waals surface area contributed by atoms with Crippen LogP contribution in [0.2, 0.25) is 0 Å². The molecule has 3 heteroatoms. The van der Waals surface area contributed by atoms with Crippen molar-refractivity contribution in [3.8, 4) is 0 Å². The Morgan fingerprint density at radius 3 is 2.64 bits per heavy atom. The van der Waals surface area contributed by atoms with Crippen molar-refractivity contribution in [1.82, 2.24) is 4.98 Å². The van der Waals surface area contributed by atoms with Crippen LogP contribution in [-0.4, -0.2) is 19.1 Å². The minimum Gasteiger partial charge on any atom is -0.362 e. The number of pyridine rings is 1. The number of hydrogen-bond donors (Lipinski definition) is 1. The minimum atomic E-state index is -0.117. The summed E-state index contributed by atoms with van der Waals surface area (Å²) >= 11 is 0. The first-order valence-corrected chi connectivity index (χ1v) is 5.05. The maximum absolute atomic E-state index is 6.30. The van der Waals surface area contributed by atoms with E-state index < -0.39 is 0 Å². The summed E-state index contributed by atoms with van der Waals surface area (Å²) in [6.07, 6.45) is 5.22. The van der Waals surface area contributed by atoms with Crippen LogP contribution in [0.1, 0.15) is 24.8 Å². The van der Waals surface area contributed by atoms with E-state index in [1.807, 2.05) is 31.3 Å². The van der Waals surface area contributed by atoms with Gasteiger partial charge in [0, 0.05) is 31.4 Å². The van der Waals surface area contributed by atoms with E-state index in [9.17, 15) is 0 Å². The molecule has 0 aromatic carbocycles. The van der Waals surface area contributed by atoms with Crippen molar-refractivity contribution in [3.63, 3.8) is 0 Å². The third-order valence-electron chi connectivity index (χ3n) is 2.99. The van der Waals surface area contributed by atoms with Crippen molar-refractivity contribution in [3.05, 3.63) is 23.9 Å². The first-order chi connectivity index (χ1) is 6.63. The zero-order chi connectivity index (χ0) is 10.2. The smallest absolute Gasteiger partial charge is 0.133 e. The van der Waals surface area contributed by atoms with E-state index in [0.717, 1.165) is 18.7 Å². The van der Waals surface area contributed by atoms with Crippen molar-refractivity contribution < 1.29 is 0 Å². The number of nitrogens with two attached hydrogens (primary N) is 1. The number of nitrogens with zero attached hydrogens (tertiary/aromatic N) is 2. The Labute approximate surface area is 84.9 Å². The van der Waals surface area contributed by atoms with Gasteiger partial charge in [0.2, 0.25) is 0 Å². The van der Waals surface area contributed by atoms with Crippen molar-refractivity contribution >= 4 is 5.82 Å². The zero-order valence-electron chi connectivity index (χ0n) is 8.83. The Hall–Kier alpha value is -1.09. The summed E-state index contributed by atoms with van der Waals surface area (Å²) in [4.78, 5) is 6.40. The lowest BCUT2D eigenvalue weighted by Crippen LogP contribution is -2.44. The molecular weight excluding hydrogens is 174 g/mol. The van der Waals surface area contributed by atoms with Gasteiger partial charge in [-0.3, -0.25) is 0 Å². The van der Waals surface area contributed by atoms with Crippen molar-refractivity contribution in [2.45, 2.75) is 24.8 Å². The molecule has 1 heterocycles. The normalized spacial score (nSPS) is 18.8. The highest BCUT2D eigenvalue weighted by Gasteiger charge is 2.36. The van der Waals surface area contributed by atoms with Gasteiger partial charge in [0.15, 0.2) is 0 Å². The van der Waals surface area contributed by atoms with Crippen LogP contribution >= 0.6 is 0 Å². The Kier molecular flexibility index (Phi) is 2.19. The van der Waals surface area contributed by atoms with Gasteiger partial charge in [0.25, 0.3) is 0 Å². The standard InChI is InChI=1S/C11H17N3/c1-14(2)10-9(5-3-8-13-10)11(12)6-4-7-11/h3,5,8H,4,6-7,12H2,1-2H3. The maximum Gasteiger partial charge on any atom is 0.133 e. The number of hydrogen-bond acceptors (Lipinski definition) is 3. The lowest BCUT2D eigenvalue weighted by molar-refractivity contribution is 0.253. The fourth-order valence-electron chi connectivity index (χ4n) is 1.97. The van der Waals surface area contributed by atoms with Crippen LogP contribution in [-0.2, 0) is 5.54 Å². The Morgan fingerprint density at radius 1 is 1.43 bits per heavy atom. The van der Waals surface area contributed by atoms with E-state index in [-0.39, 0.29) is 5.54 Å². The third kappa shape index (κ3) is 1.38. The predicted molar refractivity (Wildman–Crippen MR) is 58.3 cm³/mol. The Morgan fingerprint density at radius 2 is 2.14 bits per heavy atom. The predicted octanol–water partition coefficient (Wildman–Crippen LogP) is 1.49. The summed E-state index contributed by atoms with van der Waals surface area (Å²) in [6, 6.07) is 4.07. The molecule has 0 aliphatic heterocycles. The monoisotopic (exact) mass is 191 g/mol. The maximum atomic E-state index is 6.30. The highest BCUT2D eigenvalue weighted by molar-refractivity contribution is 5.50. The molecule has 0 spiro atoms. The molecule has 0 unspecified atom stereocenters. The molecule has 1 aromatic heterocycles. The lowest BCUT2D eigenvalue weighted by Gasteiger charge is -2.40. The number of anilines is 1. The molecule has 76 valence electrons. The van der Waals surface area contributed by atoms with Gasteiger partial charge in [-0.25, -0.2) is 4.98 Å². The van der Waals surface area contributed by atoms with Crippen LogP contribution in [0.15, 0.2) is 18.3 Å². The molecule has 1 aliphatic rings. The van der Waals surface area contributed by atoms with Crippen LogP contribution in [0.3, 0.4) is 0 Å². The molecule has 2 rings (SSSR count). The largest absolute Gasteiger partial charge is 0.362 e. The average molecular weight is 191 g/mol. The van der Waals surface area contributed by atoms with E-state index in [4.69, 9.17) is 5.73 Å². The van der Waals surface area contributed by atoms with Gasteiger partial charge in [0.05, 0.1) is 0 Å². The van der Waals surface area contributed by atoms with Crippen LogP contribution < -0.4 is 10.6 Å². The topological polar surface area (TPSA) is 42.2 Å². The van der Waals surface area contributed by atoms with Crippen LogP contribution in [0.25, 0.3) is 0 Å². The summed E-state index contributed by atoms with van der Waals surface area (Å²) in [5.41, 5.74) is 7.37. The van der Waals surface area contributed by atoms with Crippen molar-refractivity contribution in [2.75, 3.05) is 19.0 Å². The molecule has 1 aliphatic carbocycles. The van der Waals surface area contributed by atoms with Gasteiger partial charge in [0.1, 0.15) is 5.82 Å². The van der Waals surface area contributed by atoms with Crippen molar-refractivity contribution in [1.29, 1.82) is 0 Å². The van der Waals surface area contributed by atoms with Gasteiger partial charge in [-0.1, -0.05) is 6.07 Å². The Balaban J connectivity index is 2.41. The minimum absolute atomic E-state index is 0.117. The van der Waals surface area contributed by atoms with Crippen LogP contribution in [0, 0.1) is 0 Å². The zero-order valence-corrected chi connectivity index (χ0v) is 8.83. The summed E-state index contributed by atoms with van der Waals surface area (Å²) < 4.78 is 0. The molecular formula is C11H17N3. The molecule has 1 fully saturated rings. The first kappa shape index (κ1) is 9.46. The molecule has 0 radical (unpaired) electrons. The third-order valence-corrected chi connectivity index (χ3v) is 2.99. The highest BCUT2D eigenvalue weighted by atomic mass is 15.1. The van der Waals surface area contributed by atoms with E-state index in [1.54, 1.807) is 0 Å². The highest BCUT2D eigenvalue weighted by Crippen LogP contribution is 2.41.